The molecule has 0 radical (unpaired) electrons. The highest BCUT2D eigenvalue weighted by Crippen LogP contribution is 2.16. The van der Waals surface area contributed by atoms with Crippen molar-refractivity contribution in [3.63, 3.8) is 0 Å². The molecule has 0 spiro atoms. The standard InChI is InChI=1S/C15H30N4O2/c1-3-5-12(6-4-2)15(20)17-13-7-9-19(10-8-13)11-14(16)18-21/h12-13,21H,3-11H2,1-2H3,(H2,16,18)(H,17,20). The van der Waals surface area contributed by atoms with Gasteiger partial charge in [-0.25, -0.2) is 0 Å². The molecule has 0 aromatic carbocycles. The number of likely N-dealkylation sites (tertiary alicyclic amines) is 1. The van der Waals surface area contributed by atoms with Gasteiger partial charge in [-0.1, -0.05) is 31.8 Å². The molecule has 0 atom stereocenters. The van der Waals surface area contributed by atoms with E-state index in [0.717, 1.165) is 51.6 Å². The summed E-state index contributed by atoms with van der Waals surface area (Å²) in [6.07, 6.45) is 5.90. The van der Waals surface area contributed by atoms with Gasteiger partial charge in [0.1, 0.15) is 0 Å². The third-order valence-corrected chi connectivity index (χ3v) is 4.09. The average molecular weight is 298 g/mol. The largest absolute Gasteiger partial charge is 0.409 e. The number of carbonyl (C=O) groups excluding carboxylic acids is 1. The number of amidine groups is 1. The molecule has 1 fully saturated rings. The highest BCUT2D eigenvalue weighted by molar-refractivity contribution is 5.81. The first kappa shape index (κ1) is 17.8. The maximum absolute atomic E-state index is 12.3. The van der Waals surface area contributed by atoms with Gasteiger partial charge in [-0.2, -0.15) is 0 Å². The number of nitrogens with one attached hydrogen (secondary N) is 1. The van der Waals surface area contributed by atoms with Crippen LogP contribution >= 0.6 is 0 Å². The normalized spacial score (nSPS) is 18.1. The molecule has 21 heavy (non-hydrogen) atoms. The molecule has 0 unspecified atom stereocenters. The van der Waals surface area contributed by atoms with Crippen molar-refractivity contribution in [3.05, 3.63) is 0 Å². The van der Waals surface area contributed by atoms with Crippen molar-refractivity contribution in [1.82, 2.24) is 10.2 Å². The van der Waals surface area contributed by atoms with E-state index < -0.39 is 0 Å². The third-order valence-electron chi connectivity index (χ3n) is 4.09. The van der Waals surface area contributed by atoms with Crippen molar-refractivity contribution in [2.24, 2.45) is 16.8 Å². The van der Waals surface area contributed by atoms with Crippen LogP contribution in [0.5, 0.6) is 0 Å². The van der Waals surface area contributed by atoms with E-state index in [1.54, 1.807) is 0 Å². The van der Waals surface area contributed by atoms with E-state index in [-0.39, 0.29) is 23.7 Å². The lowest BCUT2D eigenvalue weighted by Crippen LogP contribution is -2.48. The van der Waals surface area contributed by atoms with E-state index in [1.165, 1.54) is 0 Å². The summed E-state index contributed by atoms with van der Waals surface area (Å²) in [6, 6.07) is 0.261. The summed E-state index contributed by atoms with van der Waals surface area (Å²) in [5, 5.41) is 14.8. The van der Waals surface area contributed by atoms with Gasteiger partial charge in [0, 0.05) is 25.0 Å². The van der Waals surface area contributed by atoms with Crippen molar-refractivity contribution >= 4 is 11.7 Å². The van der Waals surface area contributed by atoms with Crippen LogP contribution in [0.15, 0.2) is 5.16 Å². The van der Waals surface area contributed by atoms with Crippen LogP contribution in [-0.2, 0) is 4.79 Å². The number of hydrogen-bond donors (Lipinski definition) is 3. The first-order valence-corrected chi connectivity index (χ1v) is 8.09. The Kier molecular flexibility index (Phi) is 8.12. The number of amides is 1. The Morgan fingerprint density at radius 3 is 2.38 bits per heavy atom. The van der Waals surface area contributed by atoms with Crippen molar-refractivity contribution < 1.29 is 10.0 Å². The molecule has 0 aromatic rings. The summed E-state index contributed by atoms with van der Waals surface area (Å²) in [5.74, 6) is 0.618. The van der Waals surface area contributed by atoms with Crippen molar-refractivity contribution in [3.8, 4) is 0 Å². The number of rotatable bonds is 8. The molecule has 4 N–H and O–H groups in total. The van der Waals surface area contributed by atoms with Gasteiger partial charge in [0.15, 0.2) is 5.84 Å². The van der Waals surface area contributed by atoms with Gasteiger partial charge < -0.3 is 16.3 Å². The highest BCUT2D eigenvalue weighted by atomic mass is 16.4. The Bertz CT molecular complexity index is 333. The van der Waals surface area contributed by atoms with Gasteiger partial charge >= 0.3 is 0 Å². The molecule has 0 saturated carbocycles. The molecule has 0 bridgehead atoms. The third kappa shape index (κ3) is 6.33. The lowest BCUT2D eigenvalue weighted by Gasteiger charge is -2.32. The fraction of sp³-hybridized carbons (Fsp3) is 0.867. The monoisotopic (exact) mass is 298 g/mol. The molecule has 6 nitrogen and oxygen atoms in total. The zero-order valence-electron chi connectivity index (χ0n) is 13.3. The Morgan fingerprint density at radius 2 is 1.90 bits per heavy atom. The van der Waals surface area contributed by atoms with Gasteiger partial charge in [0.05, 0.1) is 6.54 Å². The quantitative estimate of drug-likeness (QED) is 0.274. The van der Waals surface area contributed by atoms with Crippen LogP contribution in [0.1, 0.15) is 52.4 Å². The van der Waals surface area contributed by atoms with Gasteiger partial charge in [-0.15, -0.1) is 0 Å². The Labute approximate surface area is 127 Å². The summed E-state index contributed by atoms with van der Waals surface area (Å²) in [5.41, 5.74) is 5.51. The molecule has 1 amide bonds. The van der Waals surface area contributed by atoms with E-state index in [2.05, 4.69) is 29.2 Å². The number of oxime groups is 1. The average Bonchev–Trinajstić information content (AvgIpc) is 2.48. The summed E-state index contributed by atoms with van der Waals surface area (Å²) in [7, 11) is 0. The van der Waals surface area contributed by atoms with E-state index in [9.17, 15) is 4.79 Å². The molecular formula is C15H30N4O2. The predicted octanol–water partition coefficient (Wildman–Crippen LogP) is 1.53. The SMILES string of the molecule is CCCC(CCC)C(=O)NC1CCN(CC(N)=NO)CC1. The van der Waals surface area contributed by atoms with Crippen LogP contribution in [0.2, 0.25) is 0 Å². The molecule has 0 aromatic heterocycles. The van der Waals surface area contributed by atoms with E-state index in [0.29, 0.717) is 6.54 Å². The fourth-order valence-corrected chi connectivity index (χ4v) is 2.92. The van der Waals surface area contributed by atoms with Crippen LogP contribution in [0.3, 0.4) is 0 Å². The minimum absolute atomic E-state index is 0.162. The molecular weight excluding hydrogens is 268 g/mol. The Morgan fingerprint density at radius 1 is 1.33 bits per heavy atom. The molecule has 1 aliphatic rings. The van der Waals surface area contributed by atoms with Crippen LogP contribution in [0, 0.1) is 5.92 Å². The minimum Gasteiger partial charge on any atom is -0.409 e. The fourth-order valence-electron chi connectivity index (χ4n) is 2.92. The van der Waals surface area contributed by atoms with Crippen molar-refractivity contribution in [2.45, 2.75) is 58.4 Å². The summed E-state index contributed by atoms with van der Waals surface area (Å²) < 4.78 is 0. The molecule has 1 rings (SSSR count). The number of nitrogens with two attached hydrogens (primary N) is 1. The molecule has 1 saturated heterocycles. The highest BCUT2D eigenvalue weighted by Gasteiger charge is 2.24. The van der Waals surface area contributed by atoms with Crippen molar-refractivity contribution in [1.29, 1.82) is 0 Å². The second-order valence-electron chi connectivity index (χ2n) is 5.92. The maximum atomic E-state index is 12.3. The molecule has 1 heterocycles. The number of hydrogen-bond acceptors (Lipinski definition) is 4. The first-order chi connectivity index (χ1) is 10.1. The van der Waals surface area contributed by atoms with Crippen LogP contribution in [-0.4, -0.2) is 47.5 Å². The summed E-state index contributed by atoms with van der Waals surface area (Å²) in [6.45, 7) is 6.48. The predicted molar refractivity (Wildman–Crippen MR) is 84.3 cm³/mol. The van der Waals surface area contributed by atoms with E-state index in [4.69, 9.17) is 10.9 Å². The molecule has 122 valence electrons. The zero-order chi connectivity index (χ0) is 15.7. The van der Waals surface area contributed by atoms with E-state index >= 15 is 0 Å². The van der Waals surface area contributed by atoms with Crippen LogP contribution < -0.4 is 11.1 Å². The second kappa shape index (κ2) is 9.60. The number of nitrogens with zero attached hydrogens (tertiary/aromatic N) is 2. The summed E-state index contributed by atoms with van der Waals surface area (Å²) >= 11 is 0. The van der Waals surface area contributed by atoms with E-state index in [1.807, 2.05) is 0 Å². The number of carbonyl (C=O) groups is 1. The molecule has 0 aliphatic carbocycles. The second-order valence-corrected chi connectivity index (χ2v) is 5.92. The molecule has 1 aliphatic heterocycles. The summed E-state index contributed by atoms with van der Waals surface area (Å²) in [4.78, 5) is 14.4. The van der Waals surface area contributed by atoms with Gasteiger partial charge in [0.2, 0.25) is 5.91 Å². The van der Waals surface area contributed by atoms with Gasteiger partial charge in [-0.05, 0) is 25.7 Å². The molecule has 6 heteroatoms. The lowest BCUT2D eigenvalue weighted by molar-refractivity contribution is -0.126. The Hall–Kier alpha value is -1.30. The van der Waals surface area contributed by atoms with Crippen molar-refractivity contribution in [2.75, 3.05) is 19.6 Å². The van der Waals surface area contributed by atoms with Crippen LogP contribution in [0.4, 0.5) is 0 Å². The Balaban J connectivity index is 2.35. The van der Waals surface area contributed by atoms with Gasteiger partial charge in [-0.3, -0.25) is 9.69 Å². The minimum atomic E-state index is 0.162. The van der Waals surface area contributed by atoms with Gasteiger partial charge in [0.25, 0.3) is 0 Å². The first-order valence-electron chi connectivity index (χ1n) is 8.09. The smallest absolute Gasteiger partial charge is 0.223 e. The lowest BCUT2D eigenvalue weighted by atomic mass is 9.96. The zero-order valence-corrected chi connectivity index (χ0v) is 13.3. The number of piperidine rings is 1. The van der Waals surface area contributed by atoms with Crippen LogP contribution in [0.25, 0.3) is 0 Å². The maximum Gasteiger partial charge on any atom is 0.223 e. The topological polar surface area (TPSA) is 91.0 Å².